The van der Waals surface area contributed by atoms with E-state index in [4.69, 9.17) is 4.74 Å². The Morgan fingerprint density at radius 3 is 2.50 bits per heavy atom. The molecule has 0 aromatic heterocycles. The molecule has 2 aromatic carbocycles. The van der Waals surface area contributed by atoms with E-state index < -0.39 is 11.9 Å². The van der Waals surface area contributed by atoms with Crippen molar-refractivity contribution in [1.29, 1.82) is 0 Å². The molecule has 0 spiro atoms. The lowest BCUT2D eigenvalue weighted by molar-refractivity contribution is 0.0779. The number of carbonyl (C=O) groups is 1. The van der Waals surface area contributed by atoms with Gasteiger partial charge in [0.15, 0.2) is 17.7 Å². The molecule has 0 bridgehead atoms. The number of aryl methyl sites for hydroxylation is 1. The molecule has 104 valence electrons. The van der Waals surface area contributed by atoms with Crippen LogP contribution in [0.5, 0.6) is 5.75 Å². The van der Waals surface area contributed by atoms with Crippen LogP contribution in [0.4, 0.5) is 4.39 Å². The number of benzene rings is 2. The third kappa shape index (κ3) is 3.05. The fourth-order valence-corrected chi connectivity index (χ4v) is 1.98. The van der Waals surface area contributed by atoms with Crippen LogP contribution < -0.4 is 4.74 Å². The predicted octanol–water partition coefficient (Wildman–Crippen LogP) is 4.17. The third-order valence-electron chi connectivity index (χ3n) is 3.15. The average Bonchev–Trinajstić information content (AvgIpc) is 2.49. The van der Waals surface area contributed by atoms with Gasteiger partial charge in [-0.2, -0.15) is 0 Å². The third-order valence-corrected chi connectivity index (χ3v) is 3.15. The second-order valence-electron chi connectivity index (χ2n) is 4.63. The Bertz CT molecular complexity index is 593. The van der Waals surface area contributed by atoms with Crippen LogP contribution in [0.2, 0.25) is 0 Å². The fourth-order valence-electron chi connectivity index (χ4n) is 1.98. The summed E-state index contributed by atoms with van der Waals surface area (Å²) >= 11 is 0. The number of Topliss-reactive ketones (excluding diaryl/α,β-unsaturated/α-hetero) is 1. The van der Waals surface area contributed by atoms with Crippen LogP contribution in [0, 0.1) is 12.7 Å². The van der Waals surface area contributed by atoms with E-state index in [1.807, 2.05) is 13.0 Å². The maximum atomic E-state index is 13.9. The first kappa shape index (κ1) is 14.3. The average molecular weight is 272 g/mol. The normalized spacial score (nSPS) is 11.9. The molecule has 1 atom stereocenters. The summed E-state index contributed by atoms with van der Waals surface area (Å²) in [5.74, 6) is -0.415. The Hall–Kier alpha value is -2.16. The van der Waals surface area contributed by atoms with Crippen LogP contribution >= 0.6 is 0 Å². The molecule has 0 N–H and O–H groups in total. The molecule has 0 fully saturated rings. The first-order chi connectivity index (χ1) is 9.63. The maximum absolute atomic E-state index is 13.9. The second-order valence-corrected chi connectivity index (χ2v) is 4.63. The van der Waals surface area contributed by atoms with E-state index in [1.54, 1.807) is 49.4 Å². The molecule has 2 nitrogen and oxygen atoms in total. The molecule has 0 aliphatic carbocycles. The number of carbonyl (C=O) groups excluding carboxylic acids is 1. The number of ether oxygens (including phenoxy) is 1. The van der Waals surface area contributed by atoms with Crippen molar-refractivity contribution in [3.8, 4) is 5.75 Å². The topological polar surface area (TPSA) is 26.3 Å². The van der Waals surface area contributed by atoms with E-state index in [2.05, 4.69) is 0 Å². The van der Waals surface area contributed by atoms with Crippen molar-refractivity contribution in [1.82, 2.24) is 0 Å². The number of halogens is 1. The summed E-state index contributed by atoms with van der Waals surface area (Å²) in [5.41, 5.74) is 1.08. The van der Waals surface area contributed by atoms with Gasteiger partial charge in [-0.25, -0.2) is 4.39 Å². The Morgan fingerprint density at radius 2 is 1.85 bits per heavy atom. The quantitative estimate of drug-likeness (QED) is 0.763. The van der Waals surface area contributed by atoms with Crippen molar-refractivity contribution in [3.63, 3.8) is 0 Å². The molecule has 0 saturated heterocycles. The number of hydrogen-bond donors (Lipinski definition) is 0. The zero-order valence-electron chi connectivity index (χ0n) is 11.6. The highest BCUT2D eigenvalue weighted by atomic mass is 19.1. The lowest BCUT2D eigenvalue weighted by atomic mass is 10.0. The first-order valence-corrected chi connectivity index (χ1v) is 6.64. The molecule has 3 heteroatoms. The zero-order valence-corrected chi connectivity index (χ0v) is 11.6. The highest BCUT2D eigenvalue weighted by Crippen LogP contribution is 2.22. The van der Waals surface area contributed by atoms with E-state index in [9.17, 15) is 9.18 Å². The van der Waals surface area contributed by atoms with Crippen LogP contribution in [0.25, 0.3) is 0 Å². The lowest BCUT2D eigenvalue weighted by Gasteiger charge is -2.17. The van der Waals surface area contributed by atoms with Gasteiger partial charge in [0.1, 0.15) is 0 Å². The van der Waals surface area contributed by atoms with Gasteiger partial charge in [0.05, 0.1) is 0 Å². The molecule has 0 saturated carbocycles. The number of hydrogen-bond acceptors (Lipinski definition) is 2. The van der Waals surface area contributed by atoms with E-state index in [-0.39, 0.29) is 11.5 Å². The lowest BCUT2D eigenvalue weighted by Crippen LogP contribution is -2.27. The number of rotatable bonds is 5. The summed E-state index contributed by atoms with van der Waals surface area (Å²) in [7, 11) is 0. The van der Waals surface area contributed by atoms with Gasteiger partial charge in [0, 0.05) is 5.56 Å². The second kappa shape index (κ2) is 6.33. The van der Waals surface area contributed by atoms with Crippen LogP contribution in [0.3, 0.4) is 0 Å². The van der Waals surface area contributed by atoms with Gasteiger partial charge < -0.3 is 4.74 Å². The van der Waals surface area contributed by atoms with Gasteiger partial charge in [-0.1, -0.05) is 49.4 Å². The Kier molecular flexibility index (Phi) is 4.51. The van der Waals surface area contributed by atoms with Gasteiger partial charge >= 0.3 is 0 Å². The Labute approximate surface area is 118 Å². The van der Waals surface area contributed by atoms with Gasteiger partial charge in [-0.05, 0) is 25.0 Å². The predicted molar refractivity (Wildman–Crippen MR) is 76.6 cm³/mol. The SMILES string of the molecule is CCC(Oc1cccc(C)c1F)C(=O)c1ccccc1. The van der Waals surface area contributed by atoms with Crippen molar-refractivity contribution in [2.24, 2.45) is 0 Å². The highest BCUT2D eigenvalue weighted by molar-refractivity contribution is 5.99. The zero-order chi connectivity index (χ0) is 14.5. The van der Waals surface area contributed by atoms with E-state index in [0.717, 1.165) is 0 Å². The fraction of sp³-hybridized carbons (Fsp3) is 0.235. The monoisotopic (exact) mass is 272 g/mol. The van der Waals surface area contributed by atoms with Crippen molar-refractivity contribution < 1.29 is 13.9 Å². The maximum Gasteiger partial charge on any atom is 0.203 e. The molecule has 0 aliphatic rings. The van der Waals surface area contributed by atoms with E-state index in [0.29, 0.717) is 17.5 Å². The molecule has 2 aromatic rings. The summed E-state index contributed by atoms with van der Waals surface area (Å²) in [6.07, 6.45) is -0.185. The standard InChI is InChI=1S/C17H17FO2/c1-3-14(17(19)13-9-5-4-6-10-13)20-15-11-7-8-12(2)16(15)18/h4-11,14H,3H2,1-2H3. The smallest absolute Gasteiger partial charge is 0.203 e. The van der Waals surface area contributed by atoms with Crippen LogP contribution in [-0.2, 0) is 0 Å². The van der Waals surface area contributed by atoms with Gasteiger partial charge in [0.25, 0.3) is 0 Å². The summed E-state index contributed by atoms with van der Waals surface area (Å²) in [6.45, 7) is 3.52. The minimum atomic E-state index is -0.673. The van der Waals surface area contributed by atoms with E-state index in [1.165, 1.54) is 0 Å². The van der Waals surface area contributed by atoms with Crippen molar-refractivity contribution in [2.75, 3.05) is 0 Å². The molecular formula is C17H17FO2. The van der Waals surface area contributed by atoms with E-state index >= 15 is 0 Å². The molecule has 0 heterocycles. The minimum absolute atomic E-state index is 0.126. The minimum Gasteiger partial charge on any atom is -0.479 e. The summed E-state index contributed by atoms with van der Waals surface area (Å²) in [6, 6.07) is 13.8. The first-order valence-electron chi connectivity index (χ1n) is 6.64. The molecule has 0 amide bonds. The molecule has 1 unspecified atom stereocenters. The summed E-state index contributed by atoms with van der Waals surface area (Å²) in [4.78, 5) is 12.3. The summed E-state index contributed by atoms with van der Waals surface area (Å²) in [5, 5.41) is 0. The molecule has 20 heavy (non-hydrogen) atoms. The Balaban J connectivity index is 2.21. The van der Waals surface area contributed by atoms with Gasteiger partial charge in [-0.3, -0.25) is 4.79 Å². The highest BCUT2D eigenvalue weighted by Gasteiger charge is 2.21. The van der Waals surface area contributed by atoms with Crippen LogP contribution in [-0.4, -0.2) is 11.9 Å². The van der Waals surface area contributed by atoms with Gasteiger partial charge in [-0.15, -0.1) is 0 Å². The van der Waals surface area contributed by atoms with Crippen molar-refractivity contribution in [2.45, 2.75) is 26.4 Å². The van der Waals surface area contributed by atoms with Crippen LogP contribution in [0.1, 0.15) is 29.3 Å². The van der Waals surface area contributed by atoms with Crippen LogP contribution in [0.15, 0.2) is 48.5 Å². The number of ketones is 1. The van der Waals surface area contributed by atoms with Gasteiger partial charge in [0.2, 0.25) is 5.78 Å². The van der Waals surface area contributed by atoms with Crippen molar-refractivity contribution in [3.05, 3.63) is 65.5 Å². The van der Waals surface area contributed by atoms with Crippen molar-refractivity contribution >= 4 is 5.78 Å². The molecular weight excluding hydrogens is 255 g/mol. The molecule has 0 aliphatic heterocycles. The molecule has 0 radical (unpaired) electrons. The Morgan fingerprint density at radius 1 is 1.15 bits per heavy atom. The molecule has 2 rings (SSSR count). The largest absolute Gasteiger partial charge is 0.479 e. The summed E-state index contributed by atoms with van der Waals surface area (Å²) < 4.78 is 19.5.